The molecule has 0 spiro atoms. The molecule has 2 heterocycles. The summed E-state index contributed by atoms with van der Waals surface area (Å²) in [7, 11) is 3.32. The summed E-state index contributed by atoms with van der Waals surface area (Å²) in [6, 6.07) is 21.1. The van der Waals surface area contributed by atoms with Gasteiger partial charge < -0.3 is 42.4 Å². The fourth-order valence-corrected chi connectivity index (χ4v) is 22.4. The zero-order valence-electron chi connectivity index (χ0n) is 55.4. The van der Waals surface area contributed by atoms with E-state index in [1.807, 2.05) is 0 Å². The smallest absolute Gasteiger partial charge is 0.211 e. The number of hydrogen-bond donors (Lipinski definition) is 1. The molecule has 8 saturated carbocycles. The van der Waals surface area contributed by atoms with Gasteiger partial charge in [0.1, 0.15) is 0 Å². The number of fused-ring (bicyclic) bond motifs is 16. The molecule has 9 unspecified atom stereocenters. The monoisotopic (exact) mass is 1360 g/mol. The molecule has 10 nitrogen and oxygen atoms in total. The van der Waals surface area contributed by atoms with E-state index >= 15 is 0 Å². The molecule has 2 aromatic carbocycles. The molecule has 2 aliphatic heterocycles. The molecule has 10 fully saturated rings. The normalized spacial score (nSPS) is 41.5. The van der Waals surface area contributed by atoms with E-state index in [0.29, 0.717) is 55.1 Å². The molecule has 0 aromatic heterocycles. The molecular weight excluding hydrogens is 1250 g/mol. The summed E-state index contributed by atoms with van der Waals surface area (Å²) in [4.78, 5) is 0. The lowest BCUT2D eigenvalue weighted by molar-refractivity contribution is -0.252. The molecule has 0 amide bonds. The maximum absolute atomic E-state index is 12.9. The average Bonchev–Trinajstić information content (AvgIpc) is 1.67. The van der Waals surface area contributed by atoms with Crippen LogP contribution in [-0.4, -0.2) is 103 Å². The topological polar surface area (TPSA) is 111 Å². The predicted octanol–water partition coefficient (Wildman–Crippen LogP) is 18.5. The number of alkyl halides is 3. The molecule has 2 saturated heterocycles. The van der Waals surface area contributed by atoms with Crippen LogP contribution in [0, 0.1) is 64.1 Å². The molecule has 87 heavy (non-hydrogen) atoms. The molecular formula is C69H109Cl5O10SSi2. The Kier molecular flexibility index (Phi) is 22.4. The number of rotatable bonds is 10. The van der Waals surface area contributed by atoms with Crippen LogP contribution in [0.3, 0.4) is 0 Å². The van der Waals surface area contributed by atoms with Crippen LogP contribution in [-0.2, 0) is 59.7 Å². The zero-order chi connectivity index (χ0) is 63.7. The van der Waals surface area contributed by atoms with E-state index in [1.54, 1.807) is 0 Å². The second kappa shape index (κ2) is 27.3. The Labute approximate surface area is 553 Å². The van der Waals surface area contributed by atoms with Gasteiger partial charge in [0.05, 0.1) is 72.3 Å². The highest BCUT2D eigenvalue weighted by Gasteiger charge is 2.73. The fraction of sp³-hybridized carbons (Fsp3) is 0.826. The van der Waals surface area contributed by atoms with Crippen LogP contribution < -0.4 is 0 Å². The van der Waals surface area contributed by atoms with Crippen LogP contribution in [0.15, 0.2) is 60.7 Å². The summed E-state index contributed by atoms with van der Waals surface area (Å²) in [5.74, 6) is 1.93. The van der Waals surface area contributed by atoms with Crippen molar-refractivity contribution in [3.05, 3.63) is 71.8 Å². The van der Waals surface area contributed by atoms with Crippen LogP contribution in [0.2, 0.25) is 36.3 Å². The quantitative estimate of drug-likeness (QED) is 0.140. The Balaban J connectivity index is 0.000000188. The lowest BCUT2D eigenvalue weighted by Crippen LogP contribution is -2.69. The SMILES string of the molecule is CC1(C)O[C@@H]2C3C([C@@H](OCc4ccccc4)C[C@@]4(O)C3CC[C@@H]4O[Si](C)(C)C(C)(C)C)[C@@]3(C)CCCCC3[C@H]2O1.CC1(C)O[C@@H]2C3C4CC[C@H](O[Si](C)(C)C(C)(C)C)C4[C@H](Cl)[C@H](OCc4ccccc4)C3[C@@]3(C)CCCCC3[C@H]2O1.ClCCl.O=S(Cl)Cl. The van der Waals surface area contributed by atoms with Gasteiger partial charge in [-0.3, -0.25) is 0 Å². The summed E-state index contributed by atoms with van der Waals surface area (Å²) in [6.45, 7) is 38.0. The minimum Gasteiger partial charge on any atom is -0.414 e. The minimum absolute atomic E-state index is 0.0116. The number of benzene rings is 2. The molecule has 21 atom stereocenters. The molecule has 18 heteroatoms. The highest BCUT2D eigenvalue weighted by atomic mass is 36.0. The van der Waals surface area contributed by atoms with Gasteiger partial charge in [0.15, 0.2) is 28.2 Å². The van der Waals surface area contributed by atoms with E-state index in [9.17, 15) is 5.11 Å². The molecule has 0 bridgehead atoms. The van der Waals surface area contributed by atoms with Crippen molar-refractivity contribution in [1.82, 2.24) is 0 Å². The van der Waals surface area contributed by atoms with Crippen molar-refractivity contribution in [2.45, 2.75) is 287 Å². The first-order chi connectivity index (χ1) is 40.5. The van der Waals surface area contributed by atoms with Crippen molar-refractivity contribution >= 4 is 82.0 Å². The third-order valence-corrected chi connectivity index (χ3v) is 34.1. The Morgan fingerprint density at radius 1 is 0.575 bits per heavy atom. The zero-order valence-corrected chi connectivity index (χ0v) is 62.0. The first kappa shape index (κ1) is 71.4. The first-order valence-electron chi connectivity index (χ1n) is 33.2. The molecule has 10 aliphatic rings. The van der Waals surface area contributed by atoms with Gasteiger partial charge in [-0.2, -0.15) is 0 Å². The standard InChI is InChI=1S/C34H53ClO4Si.C34H54O5Si.CH2Cl2.Cl2OS/c1-32(2,3)40(7,8)39-24-18-17-22-25(24)28(35)31(36-20-21-14-10-9-11-15-21)27-26(22)30-29(37-33(4,5)38-30)23-16-12-13-19-34(23,27)6;1-31(2,3)40(7,8)39-26-18-17-23-27-28(25(20-34(23,26)35)36-21-22-14-10-9-11-15-22)33(6)19-13-12-16-24(33)29-30(27)38-32(4,5)37-29;2-1-3;1-4(2)3/h9-11,14-15,22-31H,12-13,16-20H2,1-8H3;9-11,14-15,23-30,35H,12-13,16-21H2,1-8H3;1H2;/t22?,23?,24-,25?,26?,27?,28-,29+,30+,31+,34-;23?,24?,25-,26-,27?,28?,29+,30+,33-,34+;;/m00../s1. The largest absolute Gasteiger partial charge is 0.414 e. The van der Waals surface area contributed by atoms with Gasteiger partial charge in [-0.25, -0.2) is 4.21 Å². The Morgan fingerprint density at radius 2 is 1.02 bits per heavy atom. The van der Waals surface area contributed by atoms with E-state index < -0.39 is 43.0 Å². The summed E-state index contributed by atoms with van der Waals surface area (Å²) in [6.07, 6.45) is 15.0. The predicted molar refractivity (Wildman–Crippen MR) is 360 cm³/mol. The van der Waals surface area contributed by atoms with Crippen molar-refractivity contribution in [2.24, 2.45) is 64.1 Å². The third kappa shape index (κ3) is 14.5. The van der Waals surface area contributed by atoms with E-state index in [-0.39, 0.29) is 98.2 Å². The molecule has 8 aliphatic carbocycles. The maximum Gasteiger partial charge on any atom is 0.211 e. The highest BCUT2D eigenvalue weighted by Crippen LogP contribution is 2.70. The van der Waals surface area contributed by atoms with Gasteiger partial charge in [-0.05, 0) is 185 Å². The molecule has 494 valence electrons. The van der Waals surface area contributed by atoms with Gasteiger partial charge >= 0.3 is 0 Å². The van der Waals surface area contributed by atoms with Gasteiger partial charge in [0.2, 0.25) is 9.23 Å². The molecule has 2 aromatic rings. The van der Waals surface area contributed by atoms with Crippen LogP contribution in [0.25, 0.3) is 0 Å². The van der Waals surface area contributed by atoms with Gasteiger partial charge in [-0.1, -0.05) is 142 Å². The molecule has 0 radical (unpaired) electrons. The lowest BCUT2D eigenvalue weighted by atomic mass is 9.44. The molecule has 12 rings (SSSR count). The summed E-state index contributed by atoms with van der Waals surface area (Å²) in [5.41, 5.74) is 1.72. The van der Waals surface area contributed by atoms with Crippen molar-refractivity contribution in [3.8, 4) is 0 Å². The van der Waals surface area contributed by atoms with Crippen molar-refractivity contribution in [2.75, 3.05) is 5.34 Å². The van der Waals surface area contributed by atoms with Crippen LogP contribution in [0.4, 0.5) is 0 Å². The Hall–Kier alpha value is 0.114. The van der Waals surface area contributed by atoms with Crippen LogP contribution in [0.5, 0.6) is 0 Å². The summed E-state index contributed by atoms with van der Waals surface area (Å²) >= 11 is 17.3. The number of aliphatic hydroxyl groups is 1. The highest BCUT2D eigenvalue weighted by molar-refractivity contribution is 8.26. The third-order valence-electron chi connectivity index (χ3n) is 24.5. The van der Waals surface area contributed by atoms with Gasteiger partial charge in [-0.15, -0.1) is 34.8 Å². The van der Waals surface area contributed by atoms with Crippen molar-refractivity contribution in [1.29, 1.82) is 0 Å². The number of halogens is 5. The van der Waals surface area contributed by atoms with E-state index in [0.717, 1.165) is 25.7 Å². The van der Waals surface area contributed by atoms with E-state index in [1.165, 1.54) is 62.5 Å². The fourth-order valence-electron chi connectivity index (χ4n) is 19.0. The number of hydrogen-bond acceptors (Lipinski definition) is 10. The summed E-state index contributed by atoms with van der Waals surface area (Å²) in [5, 5.41) is 13.2. The van der Waals surface area contributed by atoms with Crippen LogP contribution in [0.1, 0.15) is 178 Å². The number of ether oxygens (including phenoxy) is 6. The Bertz CT molecular complexity index is 2610. The minimum atomic E-state index is -2.08. The lowest BCUT2D eigenvalue weighted by Gasteiger charge is -2.64. The second-order valence-electron chi connectivity index (χ2n) is 32.4. The maximum atomic E-state index is 12.9. The Morgan fingerprint density at radius 3 is 1.52 bits per heavy atom. The van der Waals surface area contributed by atoms with Gasteiger partial charge in [0, 0.05) is 39.8 Å². The van der Waals surface area contributed by atoms with E-state index in [4.69, 9.17) is 76.3 Å². The van der Waals surface area contributed by atoms with E-state index in [2.05, 4.69) is 191 Å². The van der Waals surface area contributed by atoms with Crippen LogP contribution >= 0.6 is 56.2 Å². The average molecular weight is 1360 g/mol. The summed E-state index contributed by atoms with van der Waals surface area (Å²) < 4.78 is 64.7. The first-order valence-corrected chi connectivity index (χ1v) is 43.3. The van der Waals surface area contributed by atoms with Crippen molar-refractivity contribution < 1.29 is 46.6 Å². The molecule has 1 N–H and O–H groups in total. The second-order valence-corrected chi connectivity index (χ2v) is 45.7. The van der Waals surface area contributed by atoms with Crippen molar-refractivity contribution in [3.63, 3.8) is 0 Å². The van der Waals surface area contributed by atoms with Gasteiger partial charge in [0.25, 0.3) is 0 Å².